The monoisotopic (exact) mass is 342 g/mol. The van der Waals surface area contributed by atoms with Crippen LogP contribution in [-0.2, 0) is 11.3 Å². The summed E-state index contributed by atoms with van der Waals surface area (Å²) in [5.74, 6) is 0. The summed E-state index contributed by atoms with van der Waals surface area (Å²) in [5.41, 5.74) is 1.08. The van der Waals surface area contributed by atoms with Crippen LogP contribution in [0.25, 0.3) is 0 Å². The topological polar surface area (TPSA) is 55.6 Å². The van der Waals surface area contributed by atoms with Crippen molar-refractivity contribution >= 4 is 21.6 Å². The maximum absolute atomic E-state index is 10.9. The molecule has 20 heavy (non-hydrogen) atoms. The summed E-state index contributed by atoms with van der Waals surface area (Å²) < 4.78 is 6.17. The number of ether oxygens (including phenoxy) is 1. The smallest absolute Gasteiger partial charge is 0.283 e. The molecule has 1 unspecified atom stereocenters. The Morgan fingerprint density at radius 2 is 2.35 bits per heavy atom. The van der Waals surface area contributed by atoms with E-state index in [2.05, 4.69) is 27.8 Å². The first-order valence-electron chi connectivity index (χ1n) is 6.87. The fraction of sp³-hybridized carbons (Fsp3) is 0.571. The minimum Gasteiger partial charge on any atom is -0.377 e. The first kappa shape index (κ1) is 15.4. The van der Waals surface area contributed by atoms with E-state index in [0.29, 0.717) is 17.1 Å². The number of nitro groups is 1. The predicted octanol–water partition coefficient (Wildman–Crippen LogP) is 3.36. The second kappa shape index (κ2) is 7.15. The highest BCUT2D eigenvalue weighted by Gasteiger charge is 2.19. The molecule has 1 aromatic rings. The molecule has 2 rings (SSSR count). The quantitative estimate of drug-likeness (QED) is 0.587. The maximum atomic E-state index is 10.9. The molecule has 0 N–H and O–H groups in total. The lowest BCUT2D eigenvalue weighted by atomic mass is 10.1. The molecule has 0 spiro atoms. The van der Waals surface area contributed by atoms with E-state index in [0.717, 1.165) is 38.1 Å². The summed E-state index contributed by atoms with van der Waals surface area (Å²) in [4.78, 5) is 12.9. The average Bonchev–Trinajstić information content (AvgIpc) is 2.92. The molecule has 0 bridgehead atoms. The van der Waals surface area contributed by atoms with Crippen LogP contribution in [0.3, 0.4) is 0 Å². The summed E-state index contributed by atoms with van der Waals surface area (Å²) in [6.07, 6.45) is 2.54. The lowest BCUT2D eigenvalue weighted by Gasteiger charge is -2.23. The van der Waals surface area contributed by atoms with E-state index in [4.69, 9.17) is 4.74 Å². The standard InChI is InChI=1S/C14H19BrN2O3/c1-2-16(10-12-4-3-7-20-12)9-11-5-6-13(15)14(8-11)17(18)19/h5-6,8,12H,2-4,7,9-10H2,1H3. The van der Waals surface area contributed by atoms with Crippen molar-refractivity contribution in [3.63, 3.8) is 0 Å². The van der Waals surface area contributed by atoms with Gasteiger partial charge >= 0.3 is 0 Å². The lowest BCUT2D eigenvalue weighted by Crippen LogP contribution is -2.31. The molecular weight excluding hydrogens is 324 g/mol. The number of benzene rings is 1. The fourth-order valence-electron chi connectivity index (χ4n) is 2.44. The molecule has 0 aliphatic carbocycles. The molecule has 5 nitrogen and oxygen atoms in total. The average molecular weight is 343 g/mol. The van der Waals surface area contributed by atoms with Crippen LogP contribution in [-0.4, -0.2) is 35.6 Å². The van der Waals surface area contributed by atoms with E-state index in [9.17, 15) is 10.1 Å². The number of nitro benzene ring substituents is 1. The zero-order valence-corrected chi connectivity index (χ0v) is 13.1. The van der Waals surface area contributed by atoms with Gasteiger partial charge in [-0.15, -0.1) is 0 Å². The predicted molar refractivity (Wildman–Crippen MR) is 80.7 cm³/mol. The molecule has 1 aliphatic rings. The van der Waals surface area contributed by atoms with Gasteiger partial charge in [-0.05, 0) is 46.9 Å². The van der Waals surface area contributed by atoms with Crippen LogP contribution in [0.4, 0.5) is 5.69 Å². The van der Waals surface area contributed by atoms with E-state index < -0.39 is 0 Å². The maximum Gasteiger partial charge on any atom is 0.283 e. The molecule has 0 radical (unpaired) electrons. The second-order valence-electron chi connectivity index (χ2n) is 5.01. The van der Waals surface area contributed by atoms with Gasteiger partial charge < -0.3 is 4.74 Å². The van der Waals surface area contributed by atoms with E-state index >= 15 is 0 Å². The molecule has 1 aromatic carbocycles. The molecule has 1 aliphatic heterocycles. The van der Waals surface area contributed by atoms with E-state index in [1.54, 1.807) is 12.1 Å². The number of rotatable bonds is 6. The van der Waals surface area contributed by atoms with Gasteiger partial charge in [-0.25, -0.2) is 0 Å². The van der Waals surface area contributed by atoms with Crippen molar-refractivity contribution in [2.24, 2.45) is 0 Å². The van der Waals surface area contributed by atoms with Crippen LogP contribution in [0.2, 0.25) is 0 Å². The fourth-order valence-corrected chi connectivity index (χ4v) is 2.83. The third-order valence-electron chi connectivity index (χ3n) is 3.55. The number of nitrogens with zero attached hydrogens (tertiary/aromatic N) is 2. The molecule has 1 saturated heterocycles. The summed E-state index contributed by atoms with van der Waals surface area (Å²) in [7, 11) is 0. The zero-order chi connectivity index (χ0) is 14.5. The molecule has 110 valence electrons. The minimum absolute atomic E-state index is 0.121. The van der Waals surface area contributed by atoms with E-state index in [-0.39, 0.29) is 10.6 Å². The van der Waals surface area contributed by atoms with Gasteiger partial charge in [0.25, 0.3) is 5.69 Å². The summed E-state index contributed by atoms with van der Waals surface area (Å²) >= 11 is 3.21. The number of halogens is 1. The molecule has 0 aromatic heterocycles. The van der Waals surface area contributed by atoms with Crippen molar-refractivity contribution < 1.29 is 9.66 Å². The molecule has 0 saturated carbocycles. The van der Waals surface area contributed by atoms with Gasteiger partial charge in [-0.3, -0.25) is 15.0 Å². The van der Waals surface area contributed by atoms with Crippen molar-refractivity contribution in [3.8, 4) is 0 Å². The molecule has 1 fully saturated rings. The van der Waals surface area contributed by atoms with Gasteiger partial charge in [0.15, 0.2) is 0 Å². The van der Waals surface area contributed by atoms with Gasteiger partial charge in [0.1, 0.15) is 0 Å². The van der Waals surface area contributed by atoms with Crippen LogP contribution >= 0.6 is 15.9 Å². The Bertz CT molecular complexity index is 475. The molecule has 1 atom stereocenters. The van der Waals surface area contributed by atoms with Crippen LogP contribution < -0.4 is 0 Å². The largest absolute Gasteiger partial charge is 0.377 e. The van der Waals surface area contributed by atoms with Crippen LogP contribution in [0, 0.1) is 10.1 Å². The summed E-state index contributed by atoms with van der Waals surface area (Å²) in [5, 5.41) is 10.9. The highest BCUT2D eigenvalue weighted by Crippen LogP contribution is 2.26. The number of hydrogen-bond acceptors (Lipinski definition) is 4. The molecular formula is C14H19BrN2O3. The molecule has 0 amide bonds. The Morgan fingerprint density at radius 1 is 1.55 bits per heavy atom. The first-order valence-corrected chi connectivity index (χ1v) is 7.66. The minimum atomic E-state index is -0.357. The Hall–Kier alpha value is -0.980. The van der Waals surface area contributed by atoms with Crippen molar-refractivity contribution in [1.29, 1.82) is 0 Å². The van der Waals surface area contributed by atoms with Crippen molar-refractivity contribution in [1.82, 2.24) is 4.90 Å². The van der Waals surface area contributed by atoms with E-state index in [1.807, 2.05) is 6.07 Å². The van der Waals surface area contributed by atoms with Gasteiger partial charge in [-0.1, -0.05) is 13.0 Å². The van der Waals surface area contributed by atoms with Gasteiger partial charge in [-0.2, -0.15) is 0 Å². The van der Waals surface area contributed by atoms with Crippen LogP contribution in [0.15, 0.2) is 22.7 Å². The molecule has 6 heteroatoms. The Morgan fingerprint density at radius 3 is 2.95 bits per heavy atom. The van der Waals surface area contributed by atoms with Gasteiger partial charge in [0, 0.05) is 25.8 Å². The Balaban J connectivity index is 2.03. The summed E-state index contributed by atoms with van der Waals surface area (Å²) in [6, 6.07) is 5.31. The second-order valence-corrected chi connectivity index (χ2v) is 5.86. The third-order valence-corrected chi connectivity index (χ3v) is 4.22. The highest BCUT2D eigenvalue weighted by atomic mass is 79.9. The van der Waals surface area contributed by atoms with Crippen molar-refractivity contribution in [2.75, 3.05) is 19.7 Å². The SMILES string of the molecule is CCN(Cc1ccc(Br)c([N+](=O)[O-])c1)CC1CCCO1. The van der Waals surface area contributed by atoms with Gasteiger partial charge in [0.2, 0.25) is 0 Å². The third kappa shape index (κ3) is 4.01. The Labute approximate surface area is 127 Å². The normalized spacial score (nSPS) is 18.6. The zero-order valence-electron chi connectivity index (χ0n) is 11.5. The molecule has 1 heterocycles. The number of hydrogen-bond donors (Lipinski definition) is 0. The van der Waals surface area contributed by atoms with Crippen LogP contribution in [0.5, 0.6) is 0 Å². The van der Waals surface area contributed by atoms with Gasteiger partial charge in [0.05, 0.1) is 15.5 Å². The first-order chi connectivity index (χ1) is 9.60. The van der Waals surface area contributed by atoms with Crippen molar-refractivity contribution in [3.05, 3.63) is 38.3 Å². The van der Waals surface area contributed by atoms with E-state index in [1.165, 1.54) is 0 Å². The summed E-state index contributed by atoms with van der Waals surface area (Å²) in [6.45, 7) is 5.46. The van der Waals surface area contributed by atoms with Crippen molar-refractivity contribution in [2.45, 2.75) is 32.4 Å². The lowest BCUT2D eigenvalue weighted by molar-refractivity contribution is -0.385. The highest BCUT2D eigenvalue weighted by molar-refractivity contribution is 9.10. The van der Waals surface area contributed by atoms with Crippen LogP contribution in [0.1, 0.15) is 25.3 Å². The Kier molecular flexibility index (Phi) is 5.51. The number of likely N-dealkylation sites (N-methyl/N-ethyl adjacent to an activating group) is 1.